The molecule has 19 heavy (non-hydrogen) atoms. The van der Waals surface area contributed by atoms with Gasteiger partial charge < -0.3 is 15.4 Å². The van der Waals surface area contributed by atoms with Crippen LogP contribution in [0.4, 0.5) is 0 Å². The summed E-state index contributed by atoms with van der Waals surface area (Å²) < 4.78 is 2.13. The van der Waals surface area contributed by atoms with Gasteiger partial charge in [-0.15, -0.1) is 0 Å². The average molecular weight is 260 g/mol. The Morgan fingerprint density at radius 2 is 2.11 bits per heavy atom. The number of aromatic nitrogens is 1. The molecule has 1 aromatic heterocycles. The Kier molecular flexibility index (Phi) is 3.62. The number of carboxylic acids is 1. The lowest BCUT2D eigenvalue weighted by Gasteiger charge is -2.07. The number of nitrogens with zero attached hydrogens (tertiary/aromatic N) is 1. The first-order valence-electron chi connectivity index (χ1n) is 6.52. The van der Waals surface area contributed by atoms with Crippen LogP contribution in [-0.2, 0) is 6.54 Å². The highest BCUT2D eigenvalue weighted by Gasteiger charge is 2.16. The van der Waals surface area contributed by atoms with Crippen LogP contribution in [0.15, 0.2) is 18.3 Å². The predicted octanol–water partition coefficient (Wildman–Crippen LogP) is 2.73. The molecule has 0 atom stereocenters. The number of carbonyl (C=O) groups is 1. The molecule has 0 fully saturated rings. The van der Waals surface area contributed by atoms with Gasteiger partial charge in [0.15, 0.2) is 0 Å². The Labute approximate surface area is 112 Å². The summed E-state index contributed by atoms with van der Waals surface area (Å²) >= 11 is 0. The molecule has 4 heteroatoms. The van der Waals surface area contributed by atoms with Crippen LogP contribution in [0.25, 0.3) is 10.9 Å². The van der Waals surface area contributed by atoms with E-state index in [1.165, 1.54) is 5.56 Å². The molecule has 2 aromatic rings. The number of carboxylic acid groups (broad SMARTS) is 1. The van der Waals surface area contributed by atoms with E-state index >= 15 is 0 Å². The molecule has 102 valence electrons. The van der Waals surface area contributed by atoms with Crippen molar-refractivity contribution >= 4 is 16.9 Å². The second-order valence-corrected chi connectivity index (χ2v) is 5.22. The first kappa shape index (κ1) is 13.6. The largest absolute Gasteiger partial charge is 0.478 e. The van der Waals surface area contributed by atoms with Gasteiger partial charge in [-0.3, -0.25) is 0 Å². The molecule has 3 N–H and O–H groups in total. The topological polar surface area (TPSA) is 68.2 Å². The van der Waals surface area contributed by atoms with Gasteiger partial charge in [0.05, 0.1) is 11.1 Å². The van der Waals surface area contributed by atoms with Gasteiger partial charge >= 0.3 is 5.97 Å². The monoisotopic (exact) mass is 260 g/mol. The van der Waals surface area contributed by atoms with Crippen LogP contribution in [-0.4, -0.2) is 22.2 Å². The van der Waals surface area contributed by atoms with Crippen molar-refractivity contribution in [2.75, 3.05) is 6.54 Å². The Morgan fingerprint density at radius 1 is 1.42 bits per heavy atom. The van der Waals surface area contributed by atoms with Gasteiger partial charge in [-0.2, -0.15) is 0 Å². The van der Waals surface area contributed by atoms with Crippen LogP contribution in [0, 0.1) is 6.92 Å². The van der Waals surface area contributed by atoms with E-state index in [0.717, 1.165) is 23.0 Å². The van der Waals surface area contributed by atoms with Crippen molar-refractivity contribution < 1.29 is 9.90 Å². The van der Waals surface area contributed by atoms with Crippen molar-refractivity contribution in [2.24, 2.45) is 5.73 Å². The Morgan fingerprint density at radius 3 is 2.63 bits per heavy atom. The SMILES string of the molecule is Cc1cc(C(=O)O)cc2c(C(C)C)cn(CCN)c12. The Balaban J connectivity index is 2.78. The summed E-state index contributed by atoms with van der Waals surface area (Å²) in [7, 11) is 0. The minimum atomic E-state index is -0.883. The van der Waals surface area contributed by atoms with E-state index in [9.17, 15) is 9.90 Å². The highest BCUT2D eigenvalue weighted by atomic mass is 16.4. The highest BCUT2D eigenvalue weighted by Crippen LogP contribution is 2.30. The second kappa shape index (κ2) is 5.05. The zero-order valence-corrected chi connectivity index (χ0v) is 11.6. The van der Waals surface area contributed by atoms with Crippen molar-refractivity contribution in [3.63, 3.8) is 0 Å². The van der Waals surface area contributed by atoms with E-state index in [-0.39, 0.29) is 0 Å². The van der Waals surface area contributed by atoms with Gasteiger partial charge in [-0.25, -0.2) is 4.79 Å². The molecule has 0 aliphatic rings. The molecule has 0 aliphatic heterocycles. The first-order chi connectivity index (χ1) is 8.95. The third-order valence-electron chi connectivity index (χ3n) is 3.43. The van der Waals surface area contributed by atoms with E-state index in [0.29, 0.717) is 18.0 Å². The molecule has 2 rings (SSSR count). The number of nitrogens with two attached hydrogens (primary N) is 1. The normalized spacial score (nSPS) is 11.4. The molecule has 1 heterocycles. The number of aromatic carboxylic acids is 1. The van der Waals surface area contributed by atoms with Gasteiger partial charge in [0.1, 0.15) is 0 Å². The van der Waals surface area contributed by atoms with Crippen molar-refractivity contribution in [1.82, 2.24) is 4.57 Å². The molecule has 0 amide bonds. The Hall–Kier alpha value is -1.81. The summed E-state index contributed by atoms with van der Waals surface area (Å²) in [5.74, 6) is -0.531. The number of benzene rings is 1. The van der Waals surface area contributed by atoms with Crippen molar-refractivity contribution in [1.29, 1.82) is 0 Å². The number of fused-ring (bicyclic) bond motifs is 1. The summed E-state index contributed by atoms with van der Waals surface area (Å²) in [6, 6.07) is 3.49. The Bertz CT molecular complexity index is 627. The molecule has 4 nitrogen and oxygen atoms in total. The molecule has 0 saturated carbocycles. The summed E-state index contributed by atoms with van der Waals surface area (Å²) in [6.45, 7) is 7.50. The lowest BCUT2D eigenvalue weighted by molar-refractivity contribution is 0.0697. The number of hydrogen-bond acceptors (Lipinski definition) is 2. The maximum absolute atomic E-state index is 11.2. The summed E-state index contributed by atoms with van der Waals surface area (Å²) in [6.07, 6.45) is 2.10. The molecule has 0 unspecified atom stereocenters. The lowest BCUT2D eigenvalue weighted by atomic mass is 9.99. The summed E-state index contributed by atoms with van der Waals surface area (Å²) in [4.78, 5) is 11.2. The molecular weight excluding hydrogens is 240 g/mol. The third kappa shape index (κ3) is 2.36. The van der Waals surface area contributed by atoms with Gasteiger partial charge in [0.2, 0.25) is 0 Å². The maximum Gasteiger partial charge on any atom is 0.335 e. The fourth-order valence-electron chi connectivity index (χ4n) is 2.58. The zero-order valence-electron chi connectivity index (χ0n) is 11.6. The fourth-order valence-corrected chi connectivity index (χ4v) is 2.58. The molecule has 0 aliphatic carbocycles. The van der Waals surface area contributed by atoms with Crippen molar-refractivity contribution in [3.8, 4) is 0 Å². The van der Waals surface area contributed by atoms with Crippen molar-refractivity contribution in [2.45, 2.75) is 33.2 Å². The molecule has 1 aromatic carbocycles. The quantitative estimate of drug-likeness (QED) is 0.888. The van der Waals surface area contributed by atoms with Crippen LogP contribution < -0.4 is 5.73 Å². The van der Waals surface area contributed by atoms with Crippen LogP contribution in [0.3, 0.4) is 0 Å². The number of hydrogen-bond donors (Lipinski definition) is 2. The third-order valence-corrected chi connectivity index (χ3v) is 3.43. The van der Waals surface area contributed by atoms with Gasteiger partial charge in [-0.05, 0) is 36.1 Å². The van der Waals surface area contributed by atoms with Crippen LogP contribution in [0.1, 0.15) is 41.3 Å². The molecule has 0 saturated heterocycles. The highest BCUT2D eigenvalue weighted by molar-refractivity contribution is 5.96. The van der Waals surface area contributed by atoms with Gasteiger partial charge in [0, 0.05) is 24.7 Å². The molecular formula is C15H20N2O2. The zero-order chi connectivity index (χ0) is 14.2. The molecule has 0 spiro atoms. The van der Waals surface area contributed by atoms with Gasteiger partial charge in [0.25, 0.3) is 0 Å². The van der Waals surface area contributed by atoms with E-state index in [4.69, 9.17) is 5.73 Å². The minimum absolute atomic E-state index is 0.345. The smallest absolute Gasteiger partial charge is 0.335 e. The van der Waals surface area contributed by atoms with E-state index in [1.807, 2.05) is 6.92 Å². The molecule has 0 radical (unpaired) electrons. The summed E-state index contributed by atoms with van der Waals surface area (Å²) in [5.41, 5.74) is 9.25. The molecule has 0 bridgehead atoms. The van der Waals surface area contributed by atoms with E-state index in [2.05, 4.69) is 24.6 Å². The summed E-state index contributed by atoms with van der Waals surface area (Å²) in [5, 5.41) is 10.2. The second-order valence-electron chi connectivity index (χ2n) is 5.22. The first-order valence-corrected chi connectivity index (χ1v) is 6.52. The van der Waals surface area contributed by atoms with E-state index in [1.54, 1.807) is 12.1 Å². The fraction of sp³-hybridized carbons (Fsp3) is 0.400. The maximum atomic E-state index is 11.2. The van der Waals surface area contributed by atoms with E-state index < -0.39 is 5.97 Å². The van der Waals surface area contributed by atoms with Crippen LogP contribution in [0.2, 0.25) is 0 Å². The van der Waals surface area contributed by atoms with Gasteiger partial charge in [-0.1, -0.05) is 13.8 Å². The predicted molar refractivity (Wildman–Crippen MR) is 76.8 cm³/mol. The van der Waals surface area contributed by atoms with Crippen LogP contribution in [0.5, 0.6) is 0 Å². The average Bonchev–Trinajstić information content (AvgIpc) is 2.69. The van der Waals surface area contributed by atoms with Crippen molar-refractivity contribution in [3.05, 3.63) is 35.0 Å². The standard InChI is InChI=1S/C15H20N2O2/c1-9(2)13-8-17(5-4-16)14-10(3)6-11(15(18)19)7-12(13)14/h6-9H,4-5,16H2,1-3H3,(H,18,19). The number of aryl methyl sites for hydroxylation is 1. The van der Waals surface area contributed by atoms with Crippen LogP contribution >= 0.6 is 0 Å². The lowest BCUT2D eigenvalue weighted by Crippen LogP contribution is -2.09. The minimum Gasteiger partial charge on any atom is -0.478 e. The number of rotatable bonds is 4.